The van der Waals surface area contributed by atoms with Crippen molar-refractivity contribution in [3.63, 3.8) is 0 Å². The second-order valence-corrected chi connectivity index (χ2v) is 5.87. The lowest BCUT2D eigenvalue weighted by Gasteiger charge is -2.32. The van der Waals surface area contributed by atoms with Gasteiger partial charge in [-0.2, -0.15) is 0 Å². The van der Waals surface area contributed by atoms with Gasteiger partial charge in [-0.15, -0.1) is 5.10 Å². The van der Waals surface area contributed by atoms with Gasteiger partial charge in [0.25, 0.3) is 5.91 Å². The maximum atomic E-state index is 12.8. The number of aliphatic carboxylic acids is 1. The van der Waals surface area contributed by atoms with E-state index in [1.165, 1.54) is 11.2 Å². The number of carbonyl (C=O) groups is 2. The van der Waals surface area contributed by atoms with E-state index in [4.69, 9.17) is 0 Å². The molecule has 1 aliphatic heterocycles. The summed E-state index contributed by atoms with van der Waals surface area (Å²) < 4.78 is 3.84. The van der Waals surface area contributed by atoms with Gasteiger partial charge in [-0.1, -0.05) is 17.8 Å². The van der Waals surface area contributed by atoms with Gasteiger partial charge in [-0.05, 0) is 18.0 Å². The Bertz CT molecular complexity index is 710. The number of imidazole rings is 1. The number of H-pyrrole nitrogens is 1. The van der Waals surface area contributed by atoms with Crippen LogP contribution in [-0.2, 0) is 24.2 Å². The van der Waals surface area contributed by atoms with Gasteiger partial charge < -0.3 is 15.0 Å². The molecule has 2 aromatic rings. The predicted octanol–water partition coefficient (Wildman–Crippen LogP) is 0.865. The Labute approximate surface area is 130 Å². The molecule has 2 N–H and O–H groups in total. The van der Waals surface area contributed by atoms with Crippen LogP contribution in [0.4, 0.5) is 0 Å². The van der Waals surface area contributed by atoms with E-state index < -0.39 is 12.0 Å². The lowest BCUT2D eigenvalue weighted by atomic mass is 10.0. The Hall–Kier alpha value is -2.29. The molecule has 0 bridgehead atoms. The van der Waals surface area contributed by atoms with Crippen molar-refractivity contribution in [3.8, 4) is 0 Å². The highest BCUT2D eigenvalue weighted by atomic mass is 32.1. The first-order valence-electron chi connectivity index (χ1n) is 6.98. The fourth-order valence-corrected chi connectivity index (χ4v) is 3.24. The van der Waals surface area contributed by atoms with E-state index in [1.54, 1.807) is 0 Å². The minimum Gasteiger partial charge on any atom is -0.480 e. The third-order valence-corrected chi connectivity index (χ3v) is 4.44. The van der Waals surface area contributed by atoms with Gasteiger partial charge in [0.2, 0.25) is 0 Å². The van der Waals surface area contributed by atoms with Crippen LogP contribution in [0, 0.1) is 0 Å². The Morgan fingerprint density at radius 1 is 1.55 bits per heavy atom. The SMILES string of the molecule is CCCc1nnsc1C(=O)N1Cc2[nH]cnc2CC1C(=O)O. The van der Waals surface area contributed by atoms with Crippen molar-refractivity contribution in [3.05, 3.63) is 28.3 Å². The number of aryl methyl sites for hydroxylation is 1. The van der Waals surface area contributed by atoms with Gasteiger partial charge >= 0.3 is 5.97 Å². The number of carbonyl (C=O) groups excluding carboxylic acids is 1. The number of rotatable bonds is 4. The highest BCUT2D eigenvalue weighted by molar-refractivity contribution is 7.08. The van der Waals surface area contributed by atoms with Crippen molar-refractivity contribution in [1.82, 2.24) is 24.5 Å². The van der Waals surface area contributed by atoms with Crippen molar-refractivity contribution in [2.45, 2.75) is 38.8 Å². The van der Waals surface area contributed by atoms with Gasteiger partial charge in [0, 0.05) is 6.42 Å². The largest absolute Gasteiger partial charge is 0.480 e. The number of hydrogen-bond acceptors (Lipinski definition) is 6. The molecule has 0 spiro atoms. The first kappa shape index (κ1) is 14.6. The fraction of sp³-hybridized carbons (Fsp3) is 0.462. The molecule has 3 heterocycles. The molecule has 0 aromatic carbocycles. The minimum absolute atomic E-state index is 0.203. The molecule has 1 unspecified atom stereocenters. The highest BCUT2D eigenvalue weighted by Gasteiger charge is 2.37. The molecule has 0 fully saturated rings. The quantitative estimate of drug-likeness (QED) is 0.864. The summed E-state index contributed by atoms with van der Waals surface area (Å²) in [6, 6.07) is -0.917. The summed E-state index contributed by atoms with van der Waals surface area (Å²) in [6.45, 7) is 2.19. The third-order valence-electron chi connectivity index (χ3n) is 3.68. The summed E-state index contributed by atoms with van der Waals surface area (Å²) in [4.78, 5) is 33.1. The van der Waals surface area contributed by atoms with Crippen molar-refractivity contribution >= 4 is 23.4 Å². The smallest absolute Gasteiger partial charge is 0.326 e. The summed E-state index contributed by atoms with van der Waals surface area (Å²) in [7, 11) is 0. The van der Waals surface area contributed by atoms with Crippen molar-refractivity contribution in [2.75, 3.05) is 0 Å². The van der Waals surface area contributed by atoms with E-state index >= 15 is 0 Å². The molecule has 1 aliphatic rings. The van der Waals surface area contributed by atoms with Gasteiger partial charge in [0.1, 0.15) is 10.9 Å². The van der Waals surface area contributed by atoms with Crippen LogP contribution in [0.3, 0.4) is 0 Å². The standard InChI is InChI=1S/C13H15N5O3S/c1-2-3-7-11(22-17-16-7)12(19)18-5-9-8(14-6-15-9)4-10(18)13(20)21/h6,10H,2-5H2,1H3,(H,14,15)(H,20,21). The summed E-state index contributed by atoms with van der Waals surface area (Å²) in [5.41, 5.74) is 2.12. The maximum absolute atomic E-state index is 12.8. The second kappa shape index (κ2) is 5.84. The number of nitrogens with one attached hydrogen (secondary N) is 1. The van der Waals surface area contributed by atoms with Gasteiger partial charge in [-0.25, -0.2) is 9.78 Å². The Morgan fingerprint density at radius 2 is 2.36 bits per heavy atom. The molecule has 0 radical (unpaired) electrons. The minimum atomic E-state index is -1.03. The van der Waals surface area contributed by atoms with E-state index in [-0.39, 0.29) is 18.9 Å². The van der Waals surface area contributed by atoms with Gasteiger partial charge in [0.15, 0.2) is 0 Å². The number of fused-ring (bicyclic) bond motifs is 1. The van der Waals surface area contributed by atoms with Crippen LogP contribution in [0.5, 0.6) is 0 Å². The fourth-order valence-electron chi connectivity index (χ4n) is 2.57. The topological polar surface area (TPSA) is 112 Å². The molecule has 1 amide bonds. The van der Waals surface area contributed by atoms with Crippen molar-refractivity contribution < 1.29 is 14.7 Å². The molecule has 116 valence electrons. The zero-order chi connectivity index (χ0) is 15.7. The molecule has 0 saturated heterocycles. The van der Waals surface area contributed by atoms with Crippen LogP contribution in [0.1, 0.15) is 40.1 Å². The van der Waals surface area contributed by atoms with E-state index in [0.29, 0.717) is 22.7 Å². The molecule has 3 rings (SSSR count). The lowest BCUT2D eigenvalue weighted by Crippen LogP contribution is -2.48. The van der Waals surface area contributed by atoms with Gasteiger partial charge in [0.05, 0.1) is 30.0 Å². The Morgan fingerprint density at radius 3 is 3.09 bits per heavy atom. The molecule has 2 aromatic heterocycles. The molecule has 22 heavy (non-hydrogen) atoms. The van der Waals surface area contributed by atoms with Crippen molar-refractivity contribution in [2.24, 2.45) is 0 Å². The first-order chi connectivity index (χ1) is 10.6. The van der Waals surface area contributed by atoms with E-state index in [2.05, 4.69) is 19.6 Å². The highest BCUT2D eigenvalue weighted by Crippen LogP contribution is 2.25. The van der Waals surface area contributed by atoms with Crippen LogP contribution in [0.25, 0.3) is 0 Å². The summed E-state index contributed by atoms with van der Waals surface area (Å²) in [6.07, 6.45) is 3.22. The number of carboxylic acids is 1. The summed E-state index contributed by atoms with van der Waals surface area (Å²) >= 11 is 1.02. The molecule has 0 aliphatic carbocycles. The Kier molecular flexibility index (Phi) is 3.88. The van der Waals surface area contributed by atoms with Crippen LogP contribution in [0.2, 0.25) is 0 Å². The molecule has 1 atom stereocenters. The zero-order valence-corrected chi connectivity index (χ0v) is 12.8. The number of nitrogens with zero attached hydrogens (tertiary/aromatic N) is 4. The van der Waals surface area contributed by atoms with Crippen LogP contribution in [-0.4, -0.2) is 47.5 Å². The van der Waals surface area contributed by atoms with Crippen LogP contribution in [0.15, 0.2) is 6.33 Å². The molecular formula is C13H15N5O3S. The van der Waals surface area contributed by atoms with Crippen molar-refractivity contribution in [1.29, 1.82) is 0 Å². The number of aromatic nitrogens is 4. The zero-order valence-electron chi connectivity index (χ0n) is 11.9. The molecule has 8 nitrogen and oxygen atoms in total. The van der Waals surface area contributed by atoms with Crippen LogP contribution < -0.4 is 0 Å². The second-order valence-electron chi connectivity index (χ2n) is 5.12. The summed E-state index contributed by atoms with van der Waals surface area (Å²) in [5.74, 6) is -1.36. The summed E-state index contributed by atoms with van der Waals surface area (Å²) in [5, 5.41) is 13.4. The van der Waals surface area contributed by atoms with Gasteiger partial charge in [-0.3, -0.25) is 4.79 Å². The average Bonchev–Trinajstić information content (AvgIpc) is 3.13. The van der Waals surface area contributed by atoms with E-state index in [9.17, 15) is 14.7 Å². The maximum Gasteiger partial charge on any atom is 0.326 e. The lowest BCUT2D eigenvalue weighted by molar-refractivity contribution is -0.142. The number of carboxylic acid groups (broad SMARTS) is 1. The monoisotopic (exact) mass is 321 g/mol. The molecule has 9 heteroatoms. The molecular weight excluding hydrogens is 306 g/mol. The number of hydrogen-bond donors (Lipinski definition) is 2. The number of amides is 1. The number of aromatic amines is 1. The average molecular weight is 321 g/mol. The van der Waals surface area contributed by atoms with E-state index in [1.807, 2.05) is 6.92 Å². The van der Waals surface area contributed by atoms with Crippen LogP contribution >= 0.6 is 11.5 Å². The van der Waals surface area contributed by atoms with E-state index in [0.717, 1.165) is 23.6 Å². The predicted molar refractivity (Wildman–Crippen MR) is 77.5 cm³/mol. The normalized spacial score (nSPS) is 17.3. The Balaban J connectivity index is 1.93. The molecule has 0 saturated carbocycles. The first-order valence-corrected chi connectivity index (χ1v) is 7.75. The third kappa shape index (κ3) is 2.47.